The second-order valence-electron chi connectivity index (χ2n) is 4.40. The van der Waals surface area contributed by atoms with Crippen LogP contribution >= 0.6 is 11.6 Å². The third kappa shape index (κ3) is 4.64. The predicted octanol–water partition coefficient (Wildman–Crippen LogP) is 2.83. The highest BCUT2D eigenvalue weighted by molar-refractivity contribution is 6.31. The number of anilines is 1. The van der Waals surface area contributed by atoms with Crippen molar-refractivity contribution in [1.29, 1.82) is 0 Å². The first-order valence-electron chi connectivity index (χ1n) is 6.51. The summed E-state index contributed by atoms with van der Waals surface area (Å²) in [5.41, 5.74) is 7.66. The van der Waals surface area contributed by atoms with Crippen LogP contribution in [0, 0.1) is 11.8 Å². The number of nitrogens with one attached hydrogen (secondary N) is 1. The zero-order valence-electron chi connectivity index (χ0n) is 11.4. The molecule has 0 aliphatic rings. The van der Waals surface area contributed by atoms with E-state index >= 15 is 0 Å². The fraction of sp³-hybridized carbons (Fsp3) is 0.118. The molecule has 2 aromatic carbocycles. The van der Waals surface area contributed by atoms with E-state index in [4.69, 9.17) is 17.3 Å². The molecule has 2 rings (SSSR count). The minimum atomic E-state index is -0.118. The molecule has 0 radical (unpaired) electrons. The maximum absolute atomic E-state index is 12.0. The molecular weight excluding hydrogens is 284 g/mol. The number of hydrogen-bond donors (Lipinski definition) is 2. The van der Waals surface area contributed by atoms with E-state index in [1.54, 1.807) is 6.07 Å². The standard InChI is InChI=1S/C17H15ClN2O/c18-16-9-2-1-7-14(16)12-17(21)20-15-8-3-5-13(11-15)6-4-10-19/h1-3,5,7-9,11H,10,12,19H2,(H,20,21). The van der Waals surface area contributed by atoms with Gasteiger partial charge in [-0.05, 0) is 29.8 Å². The van der Waals surface area contributed by atoms with Gasteiger partial charge < -0.3 is 11.1 Å². The van der Waals surface area contributed by atoms with Gasteiger partial charge in [0.15, 0.2) is 0 Å². The highest BCUT2D eigenvalue weighted by atomic mass is 35.5. The first-order chi connectivity index (χ1) is 10.2. The largest absolute Gasteiger partial charge is 0.326 e. The molecule has 0 spiro atoms. The first-order valence-corrected chi connectivity index (χ1v) is 6.89. The van der Waals surface area contributed by atoms with Gasteiger partial charge in [0.25, 0.3) is 0 Å². The van der Waals surface area contributed by atoms with Crippen LogP contribution in [0.4, 0.5) is 5.69 Å². The maximum Gasteiger partial charge on any atom is 0.228 e. The van der Waals surface area contributed by atoms with Gasteiger partial charge in [-0.15, -0.1) is 0 Å². The Bertz CT molecular complexity index is 701. The molecule has 3 nitrogen and oxygen atoms in total. The molecule has 0 saturated carbocycles. The summed E-state index contributed by atoms with van der Waals surface area (Å²) < 4.78 is 0. The molecule has 0 aliphatic carbocycles. The molecule has 0 bridgehead atoms. The van der Waals surface area contributed by atoms with Gasteiger partial charge in [0.05, 0.1) is 13.0 Å². The van der Waals surface area contributed by atoms with Crippen LogP contribution in [-0.4, -0.2) is 12.5 Å². The second kappa shape index (κ2) is 7.49. The summed E-state index contributed by atoms with van der Waals surface area (Å²) in [7, 11) is 0. The number of carbonyl (C=O) groups is 1. The molecule has 106 valence electrons. The molecule has 0 atom stereocenters. The van der Waals surface area contributed by atoms with Crippen molar-refractivity contribution >= 4 is 23.2 Å². The fourth-order valence-corrected chi connectivity index (χ4v) is 2.05. The molecule has 4 heteroatoms. The number of halogens is 1. The molecule has 0 heterocycles. The first kappa shape index (κ1) is 15.1. The number of nitrogens with two attached hydrogens (primary N) is 1. The van der Waals surface area contributed by atoms with E-state index in [9.17, 15) is 4.79 Å². The predicted molar refractivity (Wildman–Crippen MR) is 86.2 cm³/mol. The van der Waals surface area contributed by atoms with Gasteiger partial charge in [-0.2, -0.15) is 0 Å². The van der Waals surface area contributed by atoms with Gasteiger partial charge in [0.1, 0.15) is 0 Å². The van der Waals surface area contributed by atoms with E-state index in [0.29, 0.717) is 17.3 Å². The molecule has 3 N–H and O–H groups in total. The lowest BCUT2D eigenvalue weighted by atomic mass is 10.1. The molecule has 21 heavy (non-hydrogen) atoms. The van der Waals surface area contributed by atoms with Crippen LogP contribution in [0.25, 0.3) is 0 Å². The molecule has 1 amide bonds. The Morgan fingerprint density at radius 3 is 2.76 bits per heavy atom. The van der Waals surface area contributed by atoms with Crippen molar-refractivity contribution < 1.29 is 4.79 Å². The Morgan fingerprint density at radius 2 is 2.00 bits per heavy atom. The lowest BCUT2D eigenvalue weighted by Crippen LogP contribution is -2.14. The molecule has 0 unspecified atom stereocenters. The third-order valence-corrected chi connectivity index (χ3v) is 3.16. The van der Waals surface area contributed by atoms with Gasteiger partial charge in [0, 0.05) is 16.3 Å². The number of hydrogen-bond acceptors (Lipinski definition) is 2. The van der Waals surface area contributed by atoms with Crippen molar-refractivity contribution in [3.63, 3.8) is 0 Å². The van der Waals surface area contributed by atoms with Crippen LogP contribution in [0.15, 0.2) is 48.5 Å². The summed E-state index contributed by atoms with van der Waals surface area (Å²) in [5.74, 6) is 5.59. The summed E-state index contributed by atoms with van der Waals surface area (Å²) in [6.07, 6.45) is 0.235. The number of benzene rings is 2. The fourth-order valence-electron chi connectivity index (χ4n) is 1.85. The average molecular weight is 299 g/mol. The van der Waals surface area contributed by atoms with Crippen molar-refractivity contribution in [3.05, 3.63) is 64.7 Å². The van der Waals surface area contributed by atoms with Crippen molar-refractivity contribution in [1.82, 2.24) is 0 Å². The number of carbonyl (C=O) groups excluding carboxylic acids is 1. The molecular formula is C17H15ClN2O. The monoisotopic (exact) mass is 298 g/mol. The van der Waals surface area contributed by atoms with Gasteiger partial charge in [-0.1, -0.05) is 47.7 Å². The van der Waals surface area contributed by atoms with Crippen molar-refractivity contribution in [3.8, 4) is 11.8 Å². The van der Waals surface area contributed by atoms with Gasteiger partial charge in [0.2, 0.25) is 5.91 Å². The minimum absolute atomic E-state index is 0.118. The highest BCUT2D eigenvalue weighted by Crippen LogP contribution is 2.16. The second-order valence-corrected chi connectivity index (χ2v) is 4.81. The lowest BCUT2D eigenvalue weighted by Gasteiger charge is -2.07. The lowest BCUT2D eigenvalue weighted by molar-refractivity contribution is -0.115. The quantitative estimate of drug-likeness (QED) is 0.856. The molecule has 0 saturated heterocycles. The Morgan fingerprint density at radius 1 is 1.19 bits per heavy atom. The molecule has 0 aromatic heterocycles. The summed E-state index contributed by atoms with van der Waals surface area (Å²) in [6, 6.07) is 14.6. The van der Waals surface area contributed by atoms with E-state index < -0.39 is 0 Å². The Labute approximate surface area is 129 Å². The summed E-state index contributed by atoms with van der Waals surface area (Å²) in [5, 5.41) is 3.43. The zero-order valence-corrected chi connectivity index (χ0v) is 12.2. The molecule has 0 aliphatic heterocycles. The Balaban J connectivity index is 2.04. The van der Waals surface area contributed by atoms with Crippen LogP contribution in [0.1, 0.15) is 11.1 Å². The van der Waals surface area contributed by atoms with Crippen molar-refractivity contribution in [2.75, 3.05) is 11.9 Å². The van der Waals surface area contributed by atoms with Crippen molar-refractivity contribution in [2.24, 2.45) is 5.73 Å². The number of amides is 1. The van der Waals surface area contributed by atoms with Crippen molar-refractivity contribution in [2.45, 2.75) is 6.42 Å². The summed E-state index contributed by atoms with van der Waals surface area (Å²) in [6.45, 7) is 0.309. The average Bonchev–Trinajstić information content (AvgIpc) is 2.48. The van der Waals surface area contributed by atoms with Crippen LogP contribution < -0.4 is 11.1 Å². The van der Waals surface area contributed by atoms with Gasteiger partial charge in [-0.25, -0.2) is 0 Å². The van der Waals surface area contributed by atoms with E-state index in [1.807, 2.05) is 42.5 Å². The summed E-state index contributed by atoms with van der Waals surface area (Å²) >= 11 is 6.04. The van der Waals surface area contributed by atoms with Crippen LogP contribution in [0.3, 0.4) is 0 Å². The molecule has 2 aromatic rings. The summed E-state index contributed by atoms with van der Waals surface area (Å²) in [4.78, 5) is 12.0. The maximum atomic E-state index is 12.0. The van der Waals surface area contributed by atoms with E-state index in [-0.39, 0.29) is 12.3 Å². The normalized spacial score (nSPS) is 9.62. The Kier molecular flexibility index (Phi) is 5.39. The van der Waals surface area contributed by atoms with Crippen LogP contribution in [0.2, 0.25) is 5.02 Å². The topological polar surface area (TPSA) is 55.1 Å². The third-order valence-electron chi connectivity index (χ3n) is 2.79. The van der Waals surface area contributed by atoms with E-state index in [0.717, 1.165) is 11.1 Å². The van der Waals surface area contributed by atoms with E-state index in [2.05, 4.69) is 17.2 Å². The van der Waals surface area contributed by atoms with Crippen LogP contribution in [-0.2, 0) is 11.2 Å². The van der Waals surface area contributed by atoms with E-state index in [1.165, 1.54) is 0 Å². The van der Waals surface area contributed by atoms with Crippen LogP contribution in [0.5, 0.6) is 0 Å². The zero-order chi connectivity index (χ0) is 15.1. The number of rotatable bonds is 3. The van der Waals surface area contributed by atoms with Gasteiger partial charge >= 0.3 is 0 Å². The smallest absolute Gasteiger partial charge is 0.228 e. The highest BCUT2D eigenvalue weighted by Gasteiger charge is 2.07. The molecule has 0 fully saturated rings. The Hall–Kier alpha value is -2.28. The SMILES string of the molecule is NCC#Cc1cccc(NC(=O)Cc2ccccc2Cl)c1. The minimum Gasteiger partial charge on any atom is -0.326 e. The van der Waals surface area contributed by atoms with Gasteiger partial charge in [-0.3, -0.25) is 4.79 Å².